The molecule has 4 rings (SSSR count). The number of nitrogens with zero attached hydrogens (tertiary/aromatic N) is 3. The first-order chi connectivity index (χ1) is 11.3. The highest BCUT2D eigenvalue weighted by Crippen LogP contribution is 2.27. The van der Waals surface area contributed by atoms with Crippen LogP contribution in [0.5, 0.6) is 0 Å². The van der Waals surface area contributed by atoms with Crippen molar-refractivity contribution in [2.45, 2.75) is 25.4 Å². The number of hydrogen-bond acceptors (Lipinski definition) is 6. The molecule has 0 radical (unpaired) electrons. The Morgan fingerprint density at radius 3 is 3.22 bits per heavy atom. The summed E-state index contributed by atoms with van der Waals surface area (Å²) in [6, 6.07) is 7.90. The molecule has 1 saturated heterocycles. The molecule has 1 unspecified atom stereocenters. The third kappa shape index (κ3) is 2.79. The Balaban J connectivity index is 1.50. The van der Waals surface area contributed by atoms with Crippen molar-refractivity contribution in [2.75, 3.05) is 11.4 Å². The van der Waals surface area contributed by atoms with Crippen molar-refractivity contribution in [3.63, 3.8) is 0 Å². The zero-order valence-electron chi connectivity index (χ0n) is 12.4. The lowest BCUT2D eigenvalue weighted by Gasteiger charge is -2.21. The Bertz CT molecular complexity index is 781. The van der Waals surface area contributed by atoms with Gasteiger partial charge in [-0.2, -0.15) is 4.98 Å². The Morgan fingerprint density at radius 1 is 1.43 bits per heavy atom. The summed E-state index contributed by atoms with van der Waals surface area (Å²) < 4.78 is 5.76. The molecule has 4 heterocycles. The van der Waals surface area contributed by atoms with Crippen LogP contribution in [0.3, 0.4) is 0 Å². The van der Waals surface area contributed by atoms with Gasteiger partial charge in [0.05, 0.1) is 6.54 Å². The molecule has 3 aromatic rings. The molecule has 0 aliphatic carbocycles. The minimum Gasteiger partial charge on any atom is -0.422 e. The summed E-state index contributed by atoms with van der Waals surface area (Å²) in [5, 5.41) is 5.01. The summed E-state index contributed by atoms with van der Waals surface area (Å²) in [6.45, 7) is 1.33. The number of hydrogen-bond donors (Lipinski definition) is 1. The van der Waals surface area contributed by atoms with Crippen molar-refractivity contribution in [1.29, 1.82) is 0 Å². The van der Waals surface area contributed by atoms with Crippen LogP contribution in [0.15, 0.2) is 40.3 Å². The Morgan fingerprint density at radius 2 is 2.39 bits per heavy atom. The van der Waals surface area contributed by atoms with Crippen LogP contribution in [0, 0.1) is 0 Å². The molecule has 0 spiro atoms. The number of anilines is 1. The second kappa shape index (κ2) is 6.00. The van der Waals surface area contributed by atoms with E-state index >= 15 is 0 Å². The minimum absolute atomic E-state index is 0.0196. The summed E-state index contributed by atoms with van der Waals surface area (Å²) in [7, 11) is 0. The zero-order valence-corrected chi connectivity index (χ0v) is 13.3. The van der Waals surface area contributed by atoms with E-state index in [-0.39, 0.29) is 11.9 Å². The molecular formula is C16H16N4O2S. The van der Waals surface area contributed by atoms with E-state index < -0.39 is 0 Å². The van der Waals surface area contributed by atoms with Crippen LogP contribution in [0.2, 0.25) is 0 Å². The number of aromatic nitrogens is 2. The summed E-state index contributed by atoms with van der Waals surface area (Å²) in [5.74, 6) is 0.0196. The highest BCUT2D eigenvalue weighted by atomic mass is 32.1. The number of rotatable bonds is 4. The standard InChI is InChI=1S/C16H16N4O2S/c21-15(18-10-11-4-3-9-23-11)12-5-2-8-20(12)16-19-14-13(22-16)6-1-7-17-14/h1,3-4,6-7,9,12H,2,5,8,10H2,(H,18,21). The molecule has 0 saturated carbocycles. The first-order valence-electron chi connectivity index (χ1n) is 7.59. The van der Waals surface area contributed by atoms with Gasteiger partial charge >= 0.3 is 6.01 Å². The number of fused-ring (bicyclic) bond motifs is 1. The van der Waals surface area contributed by atoms with Crippen LogP contribution >= 0.6 is 11.3 Å². The Hall–Kier alpha value is -2.41. The van der Waals surface area contributed by atoms with Gasteiger partial charge in [-0.1, -0.05) is 6.07 Å². The maximum atomic E-state index is 12.5. The van der Waals surface area contributed by atoms with E-state index in [1.807, 2.05) is 34.5 Å². The number of carbonyl (C=O) groups excluding carboxylic acids is 1. The average Bonchev–Trinajstić information content (AvgIpc) is 3.31. The highest BCUT2D eigenvalue weighted by molar-refractivity contribution is 7.09. The van der Waals surface area contributed by atoms with Crippen LogP contribution in [0.4, 0.5) is 6.01 Å². The van der Waals surface area contributed by atoms with E-state index in [0.717, 1.165) is 24.3 Å². The van der Waals surface area contributed by atoms with E-state index in [0.29, 0.717) is 23.8 Å². The van der Waals surface area contributed by atoms with Crippen molar-refractivity contribution < 1.29 is 9.21 Å². The van der Waals surface area contributed by atoms with E-state index in [9.17, 15) is 4.79 Å². The monoisotopic (exact) mass is 328 g/mol. The lowest BCUT2D eigenvalue weighted by atomic mass is 10.2. The second-order valence-electron chi connectivity index (χ2n) is 5.47. The number of oxazole rings is 1. The highest BCUT2D eigenvalue weighted by Gasteiger charge is 2.33. The van der Waals surface area contributed by atoms with Gasteiger partial charge in [0.2, 0.25) is 11.6 Å². The molecule has 1 aliphatic rings. The van der Waals surface area contributed by atoms with Crippen LogP contribution in [0.25, 0.3) is 11.2 Å². The van der Waals surface area contributed by atoms with Crippen LogP contribution in [-0.4, -0.2) is 28.5 Å². The van der Waals surface area contributed by atoms with Gasteiger partial charge in [-0.15, -0.1) is 11.3 Å². The molecule has 7 heteroatoms. The molecule has 0 bridgehead atoms. The van der Waals surface area contributed by atoms with Crippen molar-refractivity contribution in [3.8, 4) is 0 Å². The summed E-state index contributed by atoms with van der Waals surface area (Å²) in [4.78, 5) is 24.2. The molecule has 3 aromatic heterocycles. The lowest BCUT2D eigenvalue weighted by Crippen LogP contribution is -2.43. The first kappa shape index (κ1) is 14.2. The van der Waals surface area contributed by atoms with Gasteiger partial charge in [0.15, 0.2) is 5.58 Å². The van der Waals surface area contributed by atoms with Gasteiger partial charge in [0.25, 0.3) is 0 Å². The van der Waals surface area contributed by atoms with E-state index in [4.69, 9.17) is 4.42 Å². The quantitative estimate of drug-likeness (QED) is 0.797. The number of amides is 1. The summed E-state index contributed by atoms with van der Waals surface area (Å²) >= 11 is 1.64. The molecule has 0 aromatic carbocycles. The average molecular weight is 328 g/mol. The molecular weight excluding hydrogens is 312 g/mol. The van der Waals surface area contributed by atoms with Gasteiger partial charge in [-0.3, -0.25) is 4.79 Å². The molecule has 118 valence electrons. The second-order valence-corrected chi connectivity index (χ2v) is 6.50. The minimum atomic E-state index is -0.233. The molecule has 1 aliphatic heterocycles. The van der Waals surface area contributed by atoms with E-state index in [1.54, 1.807) is 17.5 Å². The van der Waals surface area contributed by atoms with Crippen LogP contribution in [0.1, 0.15) is 17.7 Å². The fourth-order valence-corrected chi connectivity index (χ4v) is 3.50. The van der Waals surface area contributed by atoms with Crippen molar-refractivity contribution in [3.05, 3.63) is 40.7 Å². The van der Waals surface area contributed by atoms with Crippen LogP contribution < -0.4 is 10.2 Å². The molecule has 23 heavy (non-hydrogen) atoms. The molecule has 1 atom stereocenters. The SMILES string of the molecule is O=C(NCc1cccs1)C1CCCN1c1nc2ncccc2o1. The first-order valence-corrected chi connectivity index (χ1v) is 8.47. The zero-order chi connectivity index (χ0) is 15.6. The Labute approximate surface area is 137 Å². The molecule has 1 N–H and O–H groups in total. The number of carbonyl (C=O) groups is 1. The molecule has 1 amide bonds. The molecule has 6 nitrogen and oxygen atoms in total. The van der Waals surface area contributed by atoms with Gasteiger partial charge in [-0.05, 0) is 36.4 Å². The summed E-state index contributed by atoms with van der Waals surface area (Å²) in [5.41, 5.74) is 1.22. The topological polar surface area (TPSA) is 71.3 Å². The van der Waals surface area contributed by atoms with E-state index in [2.05, 4.69) is 15.3 Å². The maximum absolute atomic E-state index is 12.5. The number of nitrogens with one attached hydrogen (secondary N) is 1. The number of pyridine rings is 1. The van der Waals surface area contributed by atoms with Gasteiger partial charge in [0, 0.05) is 17.6 Å². The normalized spacial score (nSPS) is 17.7. The third-order valence-corrected chi connectivity index (χ3v) is 4.85. The predicted molar refractivity (Wildman–Crippen MR) is 88.3 cm³/mol. The number of thiophene rings is 1. The van der Waals surface area contributed by atoms with Crippen molar-refractivity contribution in [2.24, 2.45) is 0 Å². The third-order valence-electron chi connectivity index (χ3n) is 3.97. The fourth-order valence-electron chi connectivity index (χ4n) is 2.85. The van der Waals surface area contributed by atoms with Gasteiger partial charge in [0.1, 0.15) is 6.04 Å². The van der Waals surface area contributed by atoms with E-state index in [1.165, 1.54) is 0 Å². The lowest BCUT2D eigenvalue weighted by molar-refractivity contribution is -0.122. The summed E-state index contributed by atoms with van der Waals surface area (Å²) in [6.07, 6.45) is 3.44. The Kier molecular flexibility index (Phi) is 3.70. The van der Waals surface area contributed by atoms with Crippen molar-refractivity contribution >= 4 is 34.5 Å². The largest absolute Gasteiger partial charge is 0.422 e. The van der Waals surface area contributed by atoms with Crippen LogP contribution in [-0.2, 0) is 11.3 Å². The van der Waals surface area contributed by atoms with Gasteiger partial charge in [-0.25, -0.2) is 4.98 Å². The fraction of sp³-hybridized carbons (Fsp3) is 0.312. The smallest absolute Gasteiger partial charge is 0.300 e. The van der Waals surface area contributed by atoms with Crippen molar-refractivity contribution in [1.82, 2.24) is 15.3 Å². The maximum Gasteiger partial charge on any atom is 0.300 e. The predicted octanol–water partition coefficient (Wildman–Crippen LogP) is 2.57. The van der Waals surface area contributed by atoms with Gasteiger partial charge < -0.3 is 14.6 Å². The molecule has 1 fully saturated rings.